The molecule has 1 atom stereocenters. The molecule has 252 valence electrons. The van der Waals surface area contributed by atoms with Gasteiger partial charge >= 0.3 is 0 Å². The van der Waals surface area contributed by atoms with Crippen LogP contribution < -0.4 is 33.6 Å². The first kappa shape index (κ1) is 41.1. The molecule has 0 radical (unpaired) electrons. The maximum atomic E-state index is 14.2. The van der Waals surface area contributed by atoms with E-state index in [0.29, 0.717) is 12.5 Å². The summed E-state index contributed by atoms with van der Waals surface area (Å²) in [6, 6.07) is 3.60. The SMILES string of the molecule is CCCCCCCCCCC1N=C(N)N=C(N)N1c1ccc(F)c(F)c1F.Cl.Cl.NC(N)=NC(N)=Nc1ccc(F)c(F)c1F. The second-order valence-electron chi connectivity index (χ2n) is 9.47. The largest absolute Gasteiger partial charge is 0.370 e. The predicted octanol–water partition coefficient (Wildman–Crippen LogP) is 5.58. The van der Waals surface area contributed by atoms with Crippen molar-refractivity contribution in [3.8, 4) is 0 Å². The summed E-state index contributed by atoms with van der Waals surface area (Å²) in [5.74, 6) is -9.49. The topological polar surface area (TPSA) is 183 Å². The van der Waals surface area contributed by atoms with Gasteiger partial charge in [-0.15, -0.1) is 24.8 Å². The Morgan fingerprint density at radius 1 is 0.756 bits per heavy atom. The smallest absolute Gasteiger partial charge is 0.223 e. The molecule has 1 heterocycles. The highest BCUT2D eigenvalue weighted by molar-refractivity contribution is 6.04. The molecule has 3 rings (SSSR count). The molecule has 0 amide bonds. The molecular weight excluding hydrogens is 649 g/mol. The third kappa shape index (κ3) is 12.5. The standard InChI is InChI=1S/C19H28F3N5.C8H8F3N5.2ClH/c1-2-3-4-5-6-7-8-9-10-15-25-18(23)26-19(24)27(15)14-12-11-13(20)16(21)17(14)22;9-3-1-2-4(6(11)5(3)10)15-8(14)16-7(12)13;;/h11-12,15H,2-10H2,1H3,(H4,23,24,25,26);1-2H,(H6,12,13,14,15,16);2*1H. The minimum atomic E-state index is -1.64. The van der Waals surface area contributed by atoms with Crippen molar-refractivity contribution in [2.24, 2.45) is 48.6 Å². The Morgan fingerprint density at radius 2 is 1.29 bits per heavy atom. The minimum absolute atomic E-state index is 0. The lowest BCUT2D eigenvalue weighted by Crippen LogP contribution is -2.49. The average molecular weight is 688 g/mol. The van der Waals surface area contributed by atoms with Crippen LogP contribution in [0.2, 0.25) is 0 Å². The molecule has 45 heavy (non-hydrogen) atoms. The molecule has 0 aromatic heterocycles. The monoisotopic (exact) mass is 686 g/mol. The quantitative estimate of drug-likeness (QED) is 0.0676. The first-order chi connectivity index (χ1) is 20.4. The maximum absolute atomic E-state index is 14.2. The van der Waals surface area contributed by atoms with Gasteiger partial charge in [0.15, 0.2) is 40.9 Å². The summed E-state index contributed by atoms with van der Waals surface area (Å²) in [4.78, 5) is 16.0. The van der Waals surface area contributed by atoms with Gasteiger partial charge in [-0.3, -0.25) is 4.90 Å². The number of anilines is 1. The Morgan fingerprint density at radius 3 is 1.87 bits per heavy atom. The number of rotatable bonds is 11. The highest BCUT2D eigenvalue weighted by Crippen LogP contribution is 2.28. The first-order valence-corrected chi connectivity index (χ1v) is 13.5. The van der Waals surface area contributed by atoms with Crippen molar-refractivity contribution in [3.63, 3.8) is 0 Å². The minimum Gasteiger partial charge on any atom is -0.370 e. The highest BCUT2D eigenvalue weighted by atomic mass is 35.5. The number of unbranched alkanes of at least 4 members (excludes halogenated alkanes) is 7. The van der Waals surface area contributed by atoms with Crippen LogP contribution in [0.25, 0.3) is 0 Å². The number of nitrogens with two attached hydrogens (primary N) is 5. The zero-order chi connectivity index (χ0) is 32.1. The van der Waals surface area contributed by atoms with Crippen molar-refractivity contribution in [1.82, 2.24) is 0 Å². The van der Waals surface area contributed by atoms with Crippen LogP contribution in [0.1, 0.15) is 64.7 Å². The number of benzene rings is 2. The summed E-state index contributed by atoms with van der Waals surface area (Å²) in [7, 11) is 0. The number of hydrogen-bond acceptors (Lipinski definition) is 6. The maximum Gasteiger partial charge on any atom is 0.223 e. The Balaban J connectivity index is 0.000000927. The van der Waals surface area contributed by atoms with Gasteiger partial charge in [0.25, 0.3) is 0 Å². The van der Waals surface area contributed by atoms with E-state index in [0.717, 1.165) is 37.5 Å². The van der Waals surface area contributed by atoms with Gasteiger partial charge in [-0.05, 0) is 37.1 Å². The van der Waals surface area contributed by atoms with Crippen molar-refractivity contribution >= 4 is 60.0 Å². The van der Waals surface area contributed by atoms with E-state index in [4.69, 9.17) is 28.7 Å². The fourth-order valence-corrected chi connectivity index (χ4v) is 4.09. The molecule has 0 fully saturated rings. The van der Waals surface area contributed by atoms with Crippen LogP contribution in [0.15, 0.2) is 44.2 Å². The van der Waals surface area contributed by atoms with E-state index in [2.05, 4.69) is 26.9 Å². The van der Waals surface area contributed by atoms with E-state index in [-0.39, 0.29) is 48.4 Å². The van der Waals surface area contributed by atoms with E-state index >= 15 is 0 Å². The number of guanidine groups is 4. The molecule has 10 nitrogen and oxygen atoms in total. The molecule has 0 saturated heterocycles. The van der Waals surface area contributed by atoms with Crippen molar-refractivity contribution in [2.75, 3.05) is 4.90 Å². The van der Waals surface area contributed by atoms with Gasteiger partial charge in [0.05, 0.1) is 5.69 Å². The molecule has 2 aromatic rings. The Hall–Kier alpha value is -3.92. The van der Waals surface area contributed by atoms with Gasteiger partial charge in [-0.1, -0.05) is 51.9 Å². The molecule has 0 saturated carbocycles. The van der Waals surface area contributed by atoms with E-state index in [1.54, 1.807) is 0 Å². The van der Waals surface area contributed by atoms with Crippen LogP contribution in [-0.4, -0.2) is 30.0 Å². The molecule has 0 aliphatic carbocycles. The normalized spacial score (nSPS) is 14.2. The van der Waals surface area contributed by atoms with Crippen molar-refractivity contribution in [2.45, 2.75) is 70.9 Å². The summed E-state index contributed by atoms with van der Waals surface area (Å²) < 4.78 is 79.5. The molecule has 1 unspecified atom stereocenters. The van der Waals surface area contributed by atoms with Gasteiger partial charge in [0.1, 0.15) is 11.9 Å². The third-order valence-electron chi connectivity index (χ3n) is 6.14. The summed E-state index contributed by atoms with van der Waals surface area (Å²) in [6.45, 7) is 2.19. The van der Waals surface area contributed by atoms with Crippen LogP contribution in [0.4, 0.5) is 37.7 Å². The number of halogens is 8. The fraction of sp³-hybridized carbons (Fsp3) is 0.407. The van der Waals surface area contributed by atoms with Gasteiger partial charge in [-0.2, -0.15) is 9.98 Å². The van der Waals surface area contributed by atoms with Crippen LogP contribution >= 0.6 is 24.8 Å². The Kier molecular flexibility index (Phi) is 18.4. The predicted molar refractivity (Wildman–Crippen MR) is 171 cm³/mol. The molecule has 10 N–H and O–H groups in total. The van der Waals surface area contributed by atoms with Crippen molar-refractivity contribution in [1.29, 1.82) is 0 Å². The first-order valence-electron chi connectivity index (χ1n) is 13.5. The summed E-state index contributed by atoms with van der Waals surface area (Å²) in [5, 5.41) is 0. The lowest BCUT2D eigenvalue weighted by atomic mass is 10.1. The highest BCUT2D eigenvalue weighted by Gasteiger charge is 2.29. The zero-order valence-corrected chi connectivity index (χ0v) is 26.1. The van der Waals surface area contributed by atoms with Crippen molar-refractivity contribution in [3.05, 3.63) is 59.2 Å². The lowest BCUT2D eigenvalue weighted by molar-refractivity contribution is 0.444. The van der Waals surface area contributed by atoms with E-state index in [1.165, 1.54) is 37.0 Å². The molecule has 1 aliphatic heterocycles. The Labute approximate surface area is 269 Å². The second-order valence-corrected chi connectivity index (χ2v) is 9.47. The van der Waals surface area contributed by atoms with Crippen LogP contribution in [0.3, 0.4) is 0 Å². The van der Waals surface area contributed by atoms with Crippen LogP contribution in [0.5, 0.6) is 0 Å². The average Bonchev–Trinajstić information content (AvgIpc) is 2.94. The fourth-order valence-electron chi connectivity index (χ4n) is 4.09. The lowest BCUT2D eigenvalue weighted by Gasteiger charge is -2.32. The molecule has 2 aromatic carbocycles. The summed E-state index contributed by atoms with van der Waals surface area (Å²) in [6.07, 6.45) is 9.08. The van der Waals surface area contributed by atoms with Gasteiger partial charge in [0.2, 0.25) is 17.9 Å². The molecular formula is C27H38Cl2F6N10. The zero-order valence-electron chi connectivity index (χ0n) is 24.5. The van der Waals surface area contributed by atoms with Gasteiger partial charge in [0, 0.05) is 0 Å². The Bertz CT molecular complexity index is 1370. The van der Waals surface area contributed by atoms with E-state index < -0.39 is 52.7 Å². The third-order valence-corrected chi connectivity index (χ3v) is 6.14. The number of aliphatic imine (C=N–C) groups is 4. The molecule has 0 bridgehead atoms. The number of hydrogen-bond donors (Lipinski definition) is 5. The molecule has 18 heteroatoms. The van der Waals surface area contributed by atoms with Crippen molar-refractivity contribution < 1.29 is 26.3 Å². The molecule has 1 aliphatic rings. The van der Waals surface area contributed by atoms with Gasteiger partial charge in [-0.25, -0.2) is 36.3 Å². The summed E-state index contributed by atoms with van der Waals surface area (Å²) in [5.41, 5.74) is 26.0. The van der Waals surface area contributed by atoms with E-state index in [9.17, 15) is 26.3 Å². The second kappa shape index (κ2) is 20.2. The van der Waals surface area contributed by atoms with Gasteiger partial charge < -0.3 is 28.7 Å². The summed E-state index contributed by atoms with van der Waals surface area (Å²) >= 11 is 0. The van der Waals surface area contributed by atoms with Crippen LogP contribution in [-0.2, 0) is 0 Å². The molecule has 0 spiro atoms. The van der Waals surface area contributed by atoms with Crippen LogP contribution in [0, 0.1) is 34.9 Å². The number of nitrogens with zero attached hydrogens (tertiary/aromatic N) is 5. The van der Waals surface area contributed by atoms with E-state index in [1.807, 2.05) is 0 Å².